The molecule has 0 unspecified atom stereocenters. The van der Waals surface area contributed by atoms with E-state index in [1.807, 2.05) is 83.1 Å². The molecule has 0 spiro atoms. The van der Waals surface area contributed by atoms with Crippen LogP contribution in [0.3, 0.4) is 0 Å². The van der Waals surface area contributed by atoms with E-state index in [9.17, 15) is 9.59 Å². The maximum absolute atomic E-state index is 12.1. The van der Waals surface area contributed by atoms with E-state index in [1.54, 1.807) is 48.5 Å². The van der Waals surface area contributed by atoms with Crippen LogP contribution in [0.2, 0.25) is 0 Å². The lowest BCUT2D eigenvalue weighted by atomic mass is 10.2. The summed E-state index contributed by atoms with van der Waals surface area (Å²) in [7, 11) is 0. The Balaban J connectivity index is 0.000000336. The van der Waals surface area contributed by atoms with Gasteiger partial charge >= 0.3 is 5.97 Å². The predicted molar refractivity (Wildman–Crippen MR) is 147 cm³/mol. The second kappa shape index (κ2) is 15.4. The predicted octanol–water partition coefficient (Wildman–Crippen LogP) is 8.49. The fourth-order valence-corrected chi connectivity index (χ4v) is 2.84. The number of carbonyl (C=O) groups is 2. The molecule has 0 saturated carbocycles. The van der Waals surface area contributed by atoms with E-state index in [0.717, 1.165) is 16.8 Å². The van der Waals surface area contributed by atoms with Crippen molar-refractivity contribution in [2.45, 2.75) is 34.6 Å². The number of nitrogens with zero attached hydrogens (tertiary/aromatic N) is 2. The van der Waals surface area contributed by atoms with Gasteiger partial charge in [0.1, 0.15) is 11.5 Å². The van der Waals surface area contributed by atoms with Crippen molar-refractivity contribution in [3.05, 3.63) is 119 Å². The number of esters is 1. The molecular weight excluding hydrogens is 464 g/mol. The van der Waals surface area contributed by atoms with Gasteiger partial charge in [0.25, 0.3) is 6.47 Å². The van der Waals surface area contributed by atoms with Gasteiger partial charge in [0.05, 0.1) is 16.9 Å². The van der Waals surface area contributed by atoms with E-state index in [2.05, 4.69) is 15.0 Å². The number of ether oxygens (including phenoxy) is 2. The summed E-state index contributed by atoms with van der Waals surface area (Å²) in [5.74, 6) is 0.713. The van der Waals surface area contributed by atoms with Crippen LogP contribution in [0.5, 0.6) is 11.5 Å². The standard InChI is InChI=1S/C21H18N2O2.C8H8O2.C2H6/c1-15-3-9-18(10-4-15)22-23-19-11-7-17(8-12-19)21(24)25-20-13-5-16(2)6-14-20;1-7-2-4-8(5-3-7)10-6-9;1-2/h3-14H,1-2H3;2-6H,1H3;1-2H3. The third-order valence-electron chi connectivity index (χ3n) is 4.85. The summed E-state index contributed by atoms with van der Waals surface area (Å²) in [5.41, 5.74) is 5.37. The number of aryl methyl sites for hydroxylation is 3. The van der Waals surface area contributed by atoms with Gasteiger partial charge in [0.2, 0.25) is 0 Å². The third-order valence-corrected chi connectivity index (χ3v) is 4.85. The molecule has 6 nitrogen and oxygen atoms in total. The van der Waals surface area contributed by atoms with Gasteiger partial charge in [-0.1, -0.05) is 66.9 Å². The molecule has 37 heavy (non-hydrogen) atoms. The second-order valence-corrected chi connectivity index (χ2v) is 7.81. The number of benzene rings is 4. The van der Waals surface area contributed by atoms with Crippen molar-refractivity contribution in [2.75, 3.05) is 0 Å². The Hall–Kier alpha value is -4.58. The highest BCUT2D eigenvalue weighted by atomic mass is 16.5. The Morgan fingerprint density at radius 2 is 0.973 bits per heavy atom. The number of rotatable bonds is 6. The van der Waals surface area contributed by atoms with Gasteiger partial charge in [-0.25, -0.2) is 4.79 Å². The Labute approximate surface area is 218 Å². The lowest BCUT2D eigenvalue weighted by Crippen LogP contribution is -2.07. The molecule has 0 aliphatic carbocycles. The molecule has 4 aromatic rings. The van der Waals surface area contributed by atoms with E-state index in [-0.39, 0.29) is 0 Å². The van der Waals surface area contributed by atoms with Crippen molar-refractivity contribution in [1.82, 2.24) is 0 Å². The third kappa shape index (κ3) is 10.3. The molecule has 0 heterocycles. The molecule has 0 amide bonds. The molecule has 4 aromatic carbocycles. The number of hydrogen-bond acceptors (Lipinski definition) is 6. The molecule has 0 aliphatic heterocycles. The first-order chi connectivity index (χ1) is 17.9. The lowest BCUT2D eigenvalue weighted by molar-refractivity contribution is -0.120. The molecule has 0 bridgehead atoms. The molecule has 0 aromatic heterocycles. The number of carbonyl (C=O) groups excluding carboxylic acids is 2. The van der Waals surface area contributed by atoms with Gasteiger partial charge in [-0.2, -0.15) is 10.2 Å². The van der Waals surface area contributed by atoms with Crippen LogP contribution in [0.15, 0.2) is 107 Å². The first-order valence-corrected chi connectivity index (χ1v) is 12.0. The molecule has 0 saturated heterocycles. The molecule has 0 aliphatic rings. The van der Waals surface area contributed by atoms with Crippen molar-refractivity contribution in [1.29, 1.82) is 0 Å². The summed E-state index contributed by atoms with van der Waals surface area (Å²) in [6.45, 7) is 10.4. The topological polar surface area (TPSA) is 77.3 Å². The van der Waals surface area contributed by atoms with Crippen LogP contribution in [0.4, 0.5) is 11.4 Å². The molecular formula is C31H32N2O4. The minimum Gasteiger partial charge on any atom is -0.429 e. The monoisotopic (exact) mass is 496 g/mol. The number of azo groups is 1. The summed E-state index contributed by atoms with van der Waals surface area (Å²) in [6, 6.07) is 29.3. The maximum atomic E-state index is 12.1. The lowest BCUT2D eigenvalue weighted by Gasteiger charge is -2.04. The fraction of sp³-hybridized carbons (Fsp3) is 0.161. The summed E-state index contributed by atoms with van der Waals surface area (Å²) < 4.78 is 9.92. The van der Waals surface area contributed by atoms with E-state index in [4.69, 9.17) is 4.74 Å². The van der Waals surface area contributed by atoms with Crippen LogP contribution < -0.4 is 9.47 Å². The van der Waals surface area contributed by atoms with Crippen molar-refractivity contribution in [3.8, 4) is 11.5 Å². The minimum absolute atomic E-state index is 0.397. The van der Waals surface area contributed by atoms with Gasteiger partial charge in [0, 0.05) is 0 Å². The van der Waals surface area contributed by atoms with Gasteiger partial charge < -0.3 is 9.47 Å². The highest BCUT2D eigenvalue weighted by Crippen LogP contribution is 2.20. The highest BCUT2D eigenvalue weighted by molar-refractivity contribution is 5.91. The summed E-state index contributed by atoms with van der Waals surface area (Å²) in [6.07, 6.45) is 0. The Morgan fingerprint density at radius 1 is 0.595 bits per heavy atom. The molecule has 0 N–H and O–H groups in total. The average molecular weight is 497 g/mol. The molecule has 0 atom stereocenters. The van der Waals surface area contributed by atoms with Crippen molar-refractivity contribution < 1.29 is 19.1 Å². The smallest absolute Gasteiger partial charge is 0.343 e. The zero-order valence-corrected chi connectivity index (χ0v) is 21.8. The molecule has 6 heteroatoms. The SMILES string of the molecule is CC.Cc1ccc(N=Nc2ccc(C(=O)Oc3ccc(C)cc3)cc2)cc1.Cc1ccc(OC=O)cc1. The van der Waals surface area contributed by atoms with Crippen LogP contribution in [0.25, 0.3) is 0 Å². The summed E-state index contributed by atoms with van der Waals surface area (Å²) >= 11 is 0. The maximum Gasteiger partial charge on any atom is 0.343 e. The first kappa shape index (κ1) is 28.7. The fourth-order valence-electron chi connectivity index (χ4n) is 2.84. The van der Waals surface area contributed by atoms with Gasteiger partial charge in [-0.05, 0) is 81.4 Å². The Bertz CT molecular complexity index is 1260. The van der Waals surface area contributed by atoms with Crippen LogP contribution in [-0.2, 0) is 4.79 Å². The summed E-state index contributed by atoms with van der Waals surface area (Å²) in [4.78, 5) is 22.0. The van der Waals surface area contributed by atoms with E-state index < -0.39 is 5.97 Å². The highest BCUT2D eigenvalue weighted by Gasteiger charge is 2.08. The molecule has 190 valence electrons. The van der Waals surface area contributed by atoms with E-state index >= 15 is 0 Å². The number of hydrogen-bond donors (Lipinski definition) is 0. The Kier molecular flexibility index (Phi) is 11.9. The van der Waals surface area contributed by atoms with E-state index in [1.165, 1.54) is 5.56 Å². The quantitative estimate of drug-likeness (QED) is 0.116. The van der Waals surface area contributed by atoms with Crippen LogP contribution >= 0.6 is 0 Å². The minimum atomic E-state index is -0.397. The van der Waals surface area contributed by atoms with E-state index in [0.29, 0.717) is 29.2 Å². The van der Waals surface area contributed by atoms with Crippen LogP contribution in [0.1, 0.15) is 40.9 Å². The zero-order valence-electron chi connectivity index (χ0n) is 21.8. The first-order valence-electron chi connectivity index (χ1n) is 12.0. The Morgan fingerprint density at radius 3 is 1.41 bits per heavy atom. The van der Waals surface area contributed by atoms with Crippen LogP contribution in [0, 0.1) is 20.8 Å². The molecule has 0 radical (unpaired) electrons. The second-order valence-electron chi connectivity index (χ2n) is 7.81. The summed E-state index contributed by atoms with van der Waals surface area (Å²) in [5, 5.41) is 8.35. The van der Waals surface area contributed by atoms with Crippen molar-refractivity contribution in [3.63, 3.8) is 0 Å². The molecule has 0 fully saturated rings. The average Bonchev–Trinajstić information content (AvgIpc) is 2.93. The van der Waals surface area contributed by atoms with Gasteiger partial charge in [-0.15, -0.1) is 0 Å². The van der Waals surface area contributed by atoms with Crippen LogP contribution in [-0.4, -0.2) is 12.4 Å². The zero-order chi connectivity index (χ0) is 27.0. The van der Waals surface area contributed by atoms with Crippen molar-refractivity contribution in [2.24, 2.45) is 10.2 Å². The van der Waals surface area contributed by atoms with Crippen molar-refractivity contribution >= 4 is 23.8 Å². The molecule has 4 rings (SSSR count). The van der Waals surface area contributed by atoms with Gasteiger partial charge in [-0.3, -0.25) is 4.79 Å². The largest absolute Gasteiger partial charge is 0.429 e. The van der Waals surface area contributed by atoms with Gasteiger partial charge in [0.15, 0.2) is 0 Å². The normalized spacial score (nSPS) is 9.86.